The van der Waals surface area contributed by atoms with Crippen LogP contribution in [0.1, 0.15) is 82.1 Å². The lowest BCUT2D eigenvalue weighted by molar-refractivity contribution is -0.144. The molecule has 3 aliphatic rings. The Bertz CT molecular complexity index is 1650. The van der Waals surface area contributed by atoms with Crippen LogP contribution in [-0.4, -0.2) is 82.5 Å². The summed E-state index contributed by atoms with van der Waals surface area (Å²) in [5, 5.41) is 26.7. The number of benzene rings is 2. The normalized spacial score (nSPS) is 22.1. The molecule has 5 N–H and O–H groups in total. The van der Waals surface area contributed by atoms with Crippen LogP contribution in [0.15, 0.2) is 60.7 Å². The highest BCUT2D eigenvalue weighted by Gasteiger charge is 2.39. The second-order valence-electron chi connectivity index (χ2n) is 15.1. The monoisotopic (exact) mass is 733 g/mol. The third-order valence-electron chi connectivity index (χ3n) is 9.43. The van der Waals surface area contributed by atoms with Gasteiger partial charge in [0.2, 0.25) is 5.91 Å². The number of ether oxygens (including phenoxy) is 1. The molecular formula is C40H55N5O6S. The molecule has 0 aromatic heterocycles. The number of carbonyl (C=O) groups excluding carboxylic acids is 4. The Morgan fingerprint density at radius 2 is 1.75 bits per heavy atom. The maximum absolute atomic E-state index is 14.0. The van der Waals surface area contributed by atoms with Crippen molar-refractivity contribution in [1.29, 1.82) is 0 Å². The van der Waals surface area contributed by atoms with Gasteiger partial charge in [-0.1, -0.05) is 95.3 Å². The van der Waals surface area contributed by atoms with E-state index in [1.807, 2.05) is 83.2 Å². The Labute approximate surface area is 311 Å². The van der Waals surface area contributed by atoms with Crippen LogP contribution in [0.4, 0.5) is 4.79 Å². The summed E-state index contributed by atoms with van der Waals surface area (Å²) in [6.45, 7) is 10.2. The molecule has 12 heteroatoms. The molecule has 5 rings (SSSR count). The van der Waals surface area contributed by atoms with Crippen molar-refractivity contribution in [2.75, 3.05) is 20.2 Å². The zero-order chi connectivity index (χ0) is 37.9. The third-order valence-corrected chi connectivity index (χ3v) is 10.3. The minimum absolute atomic E-state index is 0.0399. The van der Waals surface area contributed by atoms with E-state index < -0.39 is 41.0 Å². The fourth-order valence-electron chi connectivity index (χ4n) is 6.28. The molecule has 0 saturated heterocycles. The number of alkyl carbamates (subject to hydrolysis) is 1. The van der Waals surface area contributed by atoms with Gasteiger partial charge >= 0.3 is 6.09 Å². The Morgan fingerprint density at radius 3 is 2.37 bits per heavy atom. The van der Waals surface area contributed by atoms with E-state index in [0.29, 0.717) is 31.8 Å². The molecular weight excluding hydrogens is 679 g/mol. The van der Waals surface area contributed by atoms with Crippen molar-refractivity contribution in [3.05, 3.63) is 82.9 Å². The molecule has 52 heavy (non-hydrogen) atoms. The summed E-state index contributed by atoms with van der Waals surface area (Å²) < 4.78 is 4.80. The molecule has 3 aliphatic heterocycles. The summed E-state index contributed by atoms with van der Waals surface area (Å²) in [4.78, 5) is 53.0. The highest BCUT2D eigenvalue weighted by Crippen LogP contribution is 2.25. The van der Waals surface area contributed by atoms with Crippen LogP contribution < -0.4 is 21.4 Å². The number of nitrogens with one attached hydrogen (secondary N) is 4. The average Bonchev–Trinajstić information content (AvgIpc) is 3.64. The number of carbonyl (C=O) groups is 4. The minimum atomic E-state index is -1.85. The van der Waals surface area contributed by atoms with Crippen LogP contribution in [0.5, 0.6) is 0 Å². The number of amides is 4. The van der Waals surface area contributed by atoms with Crippen molar-refractivity contribution < 1.29 is 29.0 Å². The summed E-state index contributed by atoms with van der Waals surface area (Å²) in [5.74, 6) is -1.23. The summed E-state index contributed by atoms with van der Waals surface area (Å²) in [5.41, 5.74) is 4.54. The molecule has 2 bridgehead atoms. The van der Waals surface area contributed by atoms with Gasteiger partial charge in [-0.25, -0.2) is 9.80 Å². The lowest BCUT2D eigenvalue weighted by atomic mass is 9.86. The van der Waals surface area contributed by atoms with Crippen molar-refractivity contribution in [2.24, 2.45) is 11.3 Å². The fourth-order valence-corrected chi connectivity index (χ4v) is 7.16. The Kier molecular flexibility index (Phi) is 14.4. The molecule has 0 unspecified atom stereocenters. The van der Waals surface area contributed by atoms with Crippen molar-refractivity contribution >= 4 is 45.5 Å². The zero-order valence-electron chi connectivity index (χ0n) is 31.2. The van der Waals surface area contributed by atoms with Crippen molar-refractivity contribution in [3.8, 4) is 0 Å². The van der Waals surface area contributed by atoms with Gasteiger partial charge in [0.25, 0.3) is 11.8 Å². The van der Waals surface area contributed by atoms with E-state index in [-0.39, 0.29) is 31.2 Å². The van der Waals surface area contributed by atoms with E-state index in [4.69, 9.17) is 4.74 Å². The predicted molar refractivity (Wildman–Crippen MR) is 208 cm³/mol. The second-order valence-corrected chi connectivity index (χ2v) is 16.0. The maximum atomic E-state index is 14.0. The maximum Gasteiger partial charge on any atom is 0.407 e. The Hall–Kier alpha value is -4.26. The summed E-state index contributed by atoms with van der Waals surface area (Å²) in [6, 6.07) is 14.3. The second kappa shape index (κ2) is 18.5. The van der Waals surface area contributed by atoms with E-state index in [0.717, 1.165) is 23.1 Å². The number of allylic oxidation sites excluding steroid dienone is 1. The summed E-state index contributed by atoms with van der Waals surface area (Å²) in [6.07, 6.45) is 5.25. The quantitative estimate of drug-likeness (QED) is 0.132. The number of rotatable bonds is 11. The van der Waals surface area contributed by atoms with Gasteiger partial charge in [-0.2, -0.15) is 10.9 Å². The highest BCUT2D eigenvalue weighted by atomic mass is 32.1. The number of methoxy groups -OCH3 is 1. The Morgan fingerprint density at radius 1 is 1.06 bits per heavy atom. The SMILES string of the molecule is COC(=O)N[C@H](C(=O)NN(CCC[C@@]1(O)Cc2ccc(cc2)C/C=C\CNC(=O)[C@H](C(C)C)NC1=O)Cc1ccc([C@H]2C=S=CC2)cc1)C(C)(C)C. The smallest absolute Gasteiger partial charge is 0.407 e. The number of hydrogen-bond acceptors (Lipinski definition) is 7. The summed E-state index contributed by atoms with van der Waals surface area (Å²) >= 11 is 0. The largest absolute Gasteiger partial charge is 0.453 e. The lowest BCUT2D eigenvalue weighted by Gasteiger charge is -2.34. The first-order valence-corrected chi connectivity index (χ1v) is 19.0. The lowest BCUT2D eigenvalue weighted by Crippen LogP contribution is -2.58. The molecule has 2 aromatic carbocycles. The predicted octanol–water partition coefficient (Wildman–Crippen LogP) is 4.24. The van der Waals surface area contributed by atoms with E-state index in [2.05, 4.69) is 44.2 Å². The average molecular weight is 734 g/mol. The van der Waals surface area contributed by atoms with Crippen molar-refractivity contribution in [3.63, 3.8) is 0 Å². The van der Waals surface area contributed by atoms with Crippen LogP contribution in [-0.2, 0) is 38.5 Å². The molecule has 3 heterocycles. The van der Waals surface area contributed by atoms with Crippen LogP contribution in [0.2, 0.25) is 0 Å². The summed E-state index contributed by atoms with van der Waals surface area (Å²) in [7, 11) is 2.97. The minimum Gasteiger partial charge on any atom is -0.453 e. The first-order valence-electron chi connectivity index (χ1n) is 18.0. The molecule has 0 fully saturated rings. The zero-order valence-corrected chi connectivity index (χ0v) is 32.1. The van der Waals surface area contributed by atoms with E-state index in [1.54, 1.807) is 15.9 Å². The van der Waals surface area contributed by atoms with Gasteiger partial charge in [-0.05, 0) is 70.0 Å². The number of hydrazine groups is 1. The molecule has 11 nitrogen and oxygen atoms in total. The van der Waals surface area contributed by atoms with Gasteiger partial charge in [0.05, 0.1) is 7.11 Å². The molecule has 0 saturated carbocycles. The molecule has 282 valence electrons. The number of fused-ring (bicyclic) bond motifs is 11. The van der Waals surface area contributed by atoms with E-state index >= 15 is 0 Å². The molecule has 2 aromatic rings. The van der Waals surface area contributed by atoms with Gasteiger partial charge in [-0.3, -0.25) is 19.8 Å². The topological polar surface area (TPSA) is 149 Å². The molecule has 0 radical (unpaired) electrons. The standard InChI is InChI=1S/C40H55N5O6S/c1-27(2)33-35(46)41-21-8-7-10-28-11-13-29(14-12-28)24-40(50,37(48)42-33)20-9-22-45(44-36(47)34(39(3,4)5)43-38(49)51-6)25-30-15-17-31(18-16-30)32-19-23-52-26-32/h7-8,11-18,23,26-27,32-34,50H,9-10,19-22,24-25H2,1-6H3,(H,41,46)(H,42,48)(H,43,49)(H,44,47)/b8-7-/t32-,33+,34-,40-/m1/s1. The number of nitrogens with zero attached hydrogens (tertiary/aromatic N) is 1. The third kappa shape index (κ3) is 11.6. The van der Waals surface area contributed by atoms with Gasteiger partial charge in [0, 0.05) is 32.0 Å². The van der Waals surface area contributed by atoms with Crippen LogP contribution in [0.25, 0.3) is 0 Å². The molecule has 0 spiro atoms. The fraction of sp³-hybridized carbons (Fsp3) is 0.500. The number of aliphatic hydroxyl groups is 1. The van der Waals surface area contributed by atoms with Gasteiger partial charge in [0.1, 0.15) is 17.7 Å². The van der Waals surface area contributed by atoms with Crippen molar-refractivity contribution in [2.45, 2.75) is 96.9 Å². The Balaban J connectivity index is 1.58. The first-order chi connectivity index (χ1) is 24.7. The first kappa shape index (κ1) is 40.5. The molecule has 4 atom stereocenters. The van der Waals surface area contributed by atoms with Crippen LogP contribution in [0, 0.1) is 11.3 Å². The van der Waals surface area contributed by atoms with Gasteiger partial charge in [-0.15, -0.1) is 0 Å². The number of hydrogen-bond donors (Lipinski definition) is 5. The van der Waals surface area contributed by atoms with Crippen LogP contribution >= 0.6 is 10.9 Å². The van der Waals surface area contributed by atoms with Crippen LogP contribution in [0.3, 0.4) is 0 Å². The highest BCUT2D eigenvalue weighted by molar-refractivity contribution is 7.96. The van der Waals surface area contributed by atoms with Gasteiger partial charge in [0.15, 0.2) is 0 Å². The van der Waals surface area contributed by atoms with E-state index in [9.17, 15) is 24.3 Å². The van der Waals surface area contributed by atoms with Gasteiger partial charge < -0.3 is 25.8 Å². The molecule has 0 aliphatic carbocycles. The van der Waals surface area contributed by atoms with E-state index in [1.165, 1.54) is 12.7 Å². The molecule has 4 amide bonds. The van der Waals surface area contributed by atoms with Crippen molar-refractivity contribution in [1.82, 2.24) is 26.4 Å².